The van der Waals surface area contributed by atoms with Gasteiger partial charge in [-0.25, -0.2) is 0 Å². The van der Waals surface area contributed by atoms with E-state index in [9.17, 15) is 32.1 Å². The third-order valence-electron chi connectivity index (χ3n) is 7.91. The molecule has 1 fully saturated rings. The number of likely N-dealkylation sites (tertiary alicyclic amines) is 1. The summed E-state index contributed by atoms with van der Waals surface area (Å²) in [6, 6.07) is 8.38. The second-order valence-electron chi connectivity index (χ2n) is 10.6. The van der Waals surface area contributed by atoms with Gasteiger partial charge < -0.3 is 30.9 Å². The van der Waals surface area contributed by atoms with Gasteiger partial charge in [-0.1, -0.05) is 24.3 Å². The number of amides is 4. The molecule has 0 saturated carbocycles. The van der Waals surface area contributed by atoms with Crippen molar-refractivity contribution in [2.75, 3.05) is 27.2 Å². The number of benzene rings is 2. The van der Waals surface area contributed by atoms with Gasteiger partial charge in [-0.05, 0) is 69.0 Å². The first-order valence-electron chi connectivity index (χ1n) is 14.0. The number of aryl methyl sites for hydroxylation is 1. The van der Waals surface area contributed by atoms with Gasteiger partial charge in [0.05, 0.1) is 29.7 Å². The summed E-state index contributed by atoms with van der Waals surface area (Å²) in [4.78, 5) is 54.0. The van der Waals surface area contributed by atoms with Crippen LogP contribution >= 0.6 is 0 Å². The van der Waals surface area contributed by atoms with Crippen LogP contribution < -0.4 is 26.0 Å². The van der Waals surface area contributed by atoms with Gasteiger partial charge in [0.2, 0.25) is 17.7 Å². The van der Waals surface area contributed by atoms with Gasteiger partial charge in [-0.15, -0.1) is 0 Å². The highest BCUT2D eigenvalue weighted by atomic mass is 32.2. The van der Waals surface area contributed by atoms with Crippen LogP contribution in [0.5, 0.6) is 5.75 Å². The summed E-state index contributed by atoms with van der Waals surface area (Å²) in [5.74, 6) is -2.09. The Morgan fingerprint density at radius 3 is 2.56 bits per heavy atom. The summed E-state index contributed by atoms with van der Waals surface area (Å²) in [5, 5.41) is 11.1. The fourth-order valence-electron chi connectivity index (χ4n) is 5.42. The molecule has 0 unspecified atom stereocenters. The van der Waals surface area contributed by atoms with E-state index in [1.807, 2.05) is 24.3 Å². The van der Waals surface area contributed by atoms with Crippen LogP contribution in [0.3, 0.4) is 0 Å². The number of nitrogens with one attached hydrogen (secondary N) is 4. The van der Waals surface area contributed by atoms with Crippen molar-refractivity contribution in [3.05, 3.63) is 59.2 Å². The SMILES string of the molecule is CN[C@@H](C)C(=O)N[C@@H](CNC(=O)c1cc(S(=O)(=O)O)ccc1OC)C(=O)N1CCC[C@H]1C(=O)N[C@@H]1CCc2ccccc21. The lowest BCUT2D eigenvalue weighted by Crippen LogP contribution is -2.58. The maximum Gasteiger partial charge on any atom is 0.294 e. The van der Waals surface area contributed by atoms with Crippen LogP contribution in [0.4, 0.5) is 0 Å². The molecule has 0 bridgehead atoms. The van der Waals surface area contributed by atoms with Crippen LogP contribution in [-0.4, -0.2) is 86.9 Å². The van der Waals surface area contributed by atoms with E-state index >= 15 is 0 Å². The molecule has 2 aromatic carbocycles. The van der Waals surface area contributed by atoms with Crippen LogP contribution in [0.2, 0.25) is 0 Å². The molecule has 43 heavy (non-hydrogen) atoms. The Bertz CT molecular complexity index is 1500. The van der Waals surface area contributed by atoms with Crippen LogP contribution in [0.1, 0.15) is 53.7 Å². The first kappa shape index (κ1) is 31.9. The molecule has 0 spiro atoms. The molecule has 0 aromatic heterocycles. The van der Waals surface area contributed by atoms with Crippen molar-refractivity contribution in [2.45, 2.75) is 61.7 Å². The Hall–Kier alpha value is -4.01. The zero-order chi connectivity index (χ0) is 31.3. The van der Waals surface area contributed by atoms with Crippen molar-refractivity contribution in [2.24, 2.45) is 0 Å². The van der Waals surface area contributed by atoms with Crippen molar-refractivity contribution >= 4 is 33.7 Å². The zero-order valence-electron chi connectivity index (χ0n) is 24.3. The Labute approximate surface area is 250 Å². The van der Waals surface area contributed by atoms with E-state index < -0.39 is 50.9 Å². The van der Waals surface area contributed by atoms with E-state index in [-0.39, 0.29) is 29.8 Å². The van der Waals surface area contributed by atoms with Gasteiger partial charge in [-0.2, -0.15) is 8.42 Å². The second kappa shape index (κ2) is 13.5. The minimum Gasteiger partial charge on any atom is -0.496 e. The Morgan fingerprint density at radius 1 is 1.12 bits per heavy atom. The number of fused-ring (bicyclic) bond motifs is 1. The smallest absolute Gasteiger partial charge is 0.294 e. The number of carbonyl (C=O) groups excluding carboxylic acids is 4. The highest BCUT2D eigenvalue weighted by Gasteiger charge is 2.39. The van der Waals surface area contributed by atoms with E-state index in [1.165, 1.54) is 23.6 Å². The van der Waals surface area contributed by atoms with Crippen molar-refractivity contribution in [1.29, 1.82) is 0 Å². The van der Waals surface area contributed by atoms with Crippen molar-refractivity contribution in [1.82, 2.24) is 26.2 Å². The third kappa shape index (κ3) is 7.32. The number of rotatable bonds is 11. The Kier molecular flexibility index (Phi) is 10.0. The summed E-state index contributed by atoms with van der Waals surface area (Å²) < 4.78 is 37.8. The molecule has 4 amide bonds. The number of hydrogen-bond donors (Lipinski definition) is 5. The highest BCUT2D eigenvalue weighted by molar-refractivity contribution is 7.85. The average Bonchev–Trinajstić information content (AvgIpc) is 3.65. The molecule has 4 rings (SSSR count). The molecule has 14 heteroatoms. The highest BCUT2D eigenvalue weighted by Crippen LogP contribution is 2.31. The number of hydrogen-bond acceptors (Lipinski definition) is 8. The molecule has 1 saturated heterocycles. The third-order valence-corrected chi connectivity index (χ3v) is 8.76. The maximum absolute atomic E-state index is 13.8. The molecular weight excluding hydrogens is 578 g/mol. The van der Waals surface area contributed by atoms with E-state index in [1.54, 1.807) is 14.0 Å². The lowest BCUT2D eigenvalue weighted by Gasteiger charge is -2.30. The van der Waals surface area contributed by atoms with Gasteiger partial charge in [0.25, 0.3) is 16.0 Å². The fourth-order valence-corrected chi connectivity index (χ4v) is 5.93. The quantitative estimate of drug-likeness (QED) is 0.226. The minimum absolute atomic E-state index is 0.0328. The Morgan fingerprint density at radius 2 is 1.86 bits per heavy atom. The molecule has 4 atom stereocenters. The topological polar surface area (TPSA) is 183 Å². The monoisotopic (exact) mass is 615 g/mol. The van der Waals surface area contributed by atoms with Crippen LogP contribution in [0.15, 0.2) is 47.4 Å². The maximum atomic E-state index is 13.8. The number of nitrogens with zero attached hydrogens (tertiary/aromatic N) is 1. The normalized spacial score (nSPS) is 19.2. The number of likely N-dealkylation sites (N-methyl/N-ethyl adjacent to an activating group) is 1. The van der Waals surface area contributed by atoms with Crippen LogP contribution in [0.25, 0.3) is 0 Å². The summed E-state index contributed by atoms with van der Waals surface area (Å²) in [7, 11) is -1.74. The van der Waals surface area contributed by atoms with Gasteiger partial charge in [0.1, 0.15) is 17.8 Å². The Balaban J connectivity index is 1.51. The molecule has 232 valence electrons. The van der Waals surface area contributed by atoms with Gasteiger partial charge in [0.15, 0.2) is 0 Å². The van der Waals surface area contributed by atoms with Crippen molar-refractivity contribution < 1.29 is 36.9 Å². The largest absolute Gasteiger partial charge is 0.496 e. The minimum atomic E-state index is -4.61. The van der Waals surface area contributed by atoms with Crippen molar-refractivity contribution in [3.8, 4) is 5.75 Å². The molecule has 13 nitrogen and oxygen atoms in total. The van der Waals surface area contributed by atoms with Gasteiger partial charge in [0, 0.05) is 13.1 Å². The summed E-state index contributed by atoms with van der Waals surface area (Å²) in [5.41, 5.74) is 2.05. The summed E-state index contributed by atoms with van der Waals surface area (Å²) in [6.45, 7) is 1.54. The van der Waals surface area contributed by atoms with Gasteiger partial charge >= 0.3 is 0 Å². The van der Waals surface area contributed by atoms with E-state index in [2.05, 4.69) is 21.3 Å². The lowest BCUT2D eigenvalue weighted by atomic mass is 10.1. The molecular formula is C29H37N5O8S. The standard InChI is InChI=1S/C29H37N5O8S/c1-17(30-2)26(35)33-23(16-31-27(36)21-15-19(43(39,40)41)11-13-25(21)42-3)29(38)34-14-6-9-24(34)28(37)32-22-12-10-18-7-4-5-8-20(18)22/h4-5,7-8,11,13,15,17,22-24,30H,6,9-10,12,14,16H2,1-3H3,(H,31,36)(H,32,37)(H,33,35)(H,39,40,41)/t17-,22+,23-,24-/m0/s1. The molecule has 0 radical (unpaired) electrons. The predicted molar refractivity (Wildman–Crippen MR) is 156 cm³/mol. The van der Waals surface area contributed by atoms with E-state index in [0.717, 1.165) is 30.5 Å². The summed E-state index contributed by atoms with van der Waals surface area (Å²) in [6.07, 6.45) is 2.65. The molecule has 1 aliphatic carbocycles. The number of ether oxygens (including phenoxy) is 1. The average molecular weight is 616 g/mol. The number of carbonyl (C=O) groups is 4. The number of methoxy groups -OCH3 is 1. The predicted octanol–water partition coefficient (Wildman–Crippen LogP) is 0.559. The lowest BCUT2D eigenvalue weighted by molar-refractivity contribution is -0.141. The van der Waals surface area contributed by atoms with Crippen LogP contribution in [-0.2, 0) is 30.9 Å². The first-order valence-corrected chi connectivity index (χ1v) is 15.5. The second-order valence-corrected chi connectivity index (χ2v) is 12.0. The molecule has 2 aromatic rings. The van der Waals surface area contributed by atoms with E-state index in [0.29, 0.717) is 19.4 Å². The van der Waals surface area contributed by atoms with Gasteiger partial charge in [-0.3, -0.25) is 23.7 Å². The fraction of sp³-hybridized carbons (Fsp3) is 0.448. The molecule has 2 aliphatic rings. The molecule has 1 aliphatic heterocycles. The molecule has 1 heterocycles. The van der Waals surface area contributed by atoms with Crippen LogP contribution in [0, 0.1) is 0 Å². The zero-order valence-corrected chi connectivity index (χ0v) is 25.1. The molecule has 5 N–H and O–H groups in total. The van der Waals surface area contributed by atoms with Crippen molar-refractivity contribution in [3.63, 3.8) is 0 Å². The van der Waals surface area contributed by atoms with E-state index in [4.69, 9.17) is 4.74 Å². The first-order chi connectivity index (χ1) is 20.4. The summed E-state index contributed by atoms with van der Waals surface area (Å²) >= 11 is 0.